The van der Waals surface area contributed by atoms with Gasteiger partial charge in [0.15, 0.2) is 0 Å². The van der Waals surface area contributed by atoms with Crippen molar-refractivity contribution in [1.29, 1.82) is 0 Å². The van der Waals surface area contributed by atoms with Gasteiger partial charge >= 0.3 is 0 Å². The number of benzene rings is 1. The van der Waals surface area contributed by atoms with Crippen LogP contribution in [0.25, 0.3) is 0 Å². The molecule has 0 radical (unpaired) electrons. The fraction of sp³-hybridized carbons (Fsp3) is 0.588. The lowest BCUT2D eigenvalue weighted by Crippen LogP contribution is -2.44. The van der Waals surface area contributed by atoms with Gasteiger partial charge in [0.1, 0.15) is 6.04 Å². The summed E-state index contributed by atoms with van der Waals surface area (Å²) < 4.78 is 25.9. The van der Waals surface area contributed by atoms with Gasteiger partial charge < -0.3 is 5.32 Å². The third-order valence-electron chi connectivity index (χ3n) is 4.17. The quantitative estimate of drug-likeness (QED) is 0.867. The van der Waals surface area contributed by atoms with Crippen LogP contribution in [0, 0.1) is 0 Å². The summed E-state index contributed by atoms with van der Waals surface area (Å²) in [5, 5.41) is 2.85. The van der Waals surface area contributed by atoms with E-state index >= 15 is 0 Å². The van der Waals surface area contributed by atoms with Crippen LogP contribution in [-0.2, 0) is 14.8 Å². The average Bonchev–Trinajstić information content (AvgIpc) is 2.98. The highest BCUT2D eigenvalue weighted by Crippen LogP contribution is 2.24. The third-order valence-corrected chi connectivity index (χ3v) is 6.25. The van der Waals surface area contributed by atoms with E-state index in [2.05, 4.69) is 19.2 Å². The van der Waals surface area contributed by atoms with Crippen LogP contribution in [0.2, 0.25) is 0 Å². The normalized spacial score (nSPS) is 19.2. The van der Waals surface area contributed by atoms with Crippen LogP contribution in [0.15, 0.2) is 24.3 Å². The first kappa shape index (κ1) is 17.9. The number of nitrogens with one attached hydrogen (secondary N) is 1. The van der Waals surface area contributed by atoms with Crippen molar-refractivity contribution in [3.8, 4) is 0 Å². The Morgan fingerprint density at radius 3 is 2.52 bits per heavy atom. The van der Waals surface area contributed by atoms with E-state index in [-0.39, 0.29) is 11.7 Å². The second-order valence-electron chi connectivity index (χ2n) is 6.35. The van der Waals surface area contributed by atoms with Gasteiger partial charge in [0, 0.05) is 12.2 Å². The topological polar surface area (TPSA) is 66.5 Å². The molecule has 0 bridgehead atoms. The molecule has 0 aromatic heterocycles. The van der Waals surface area contributed by atoms with Crippen LogP contribution in [0.4, 0.5) is 5.69 Å². The van der Waals surface area contributed by atoms with Crippen molar-refractivity contribution in [2.24, 2.45) is 0 Å². The average molecular weight is 338 g/mol. The van der Waals surface area contributed by atoms with Crippen molar-refractivity contribution < 1.29 is 13.2 Å². The Kier molecular flexibility index (Phi) is 5.81. The first-order valence-corrected chi connectivity index (χ1v) is 9.86. The lowest BCUT2D eigenvalue weighted by Gasteiger charge is -2.23. The van der Waals surface area contributed by atoms with Gasteiger partial charge in [-0.3, -0.25) is 4.79 Å². The largest absolute Gasteiger partial charge is 0.325 e. The summed E-state index contributed by atoms with van der Waals surface area (Å²) in [6, 6.07) is 7.12. The second-order valence-corrected chi connectivity index (χ2v) is 8.39. The molecule has 0 saturated carbocycles. The summed E-state index contributed by atoms with van der Waals surface area (Å²) in [4.78, 5) is 12.5. The number of anilines is 1. The minimum atomic E-state index is -3.34. The Morgan fingerprint density at radius 2 is 1.96 bits per heavy atom. The molecule has 5 nitrogen and oxygen atoms in total. The number of hydrogen-bond donors (Lipinski definition) is 1. The van der Waals surface area contributed by atoms with Crippen LogP contribution in [-0.4, -0.2) is 37.0 Å². The van der Waals surface area contributed by atoms with Crippen molar-refractivity contribution in [2.45, 2.75) is 52.0 Å². The molecule has 1 aromatic carbocycles. The lowest BCUT2D eigenvalue weighted by atomic mass is 10.0. The van der Waals surface area contributed by atoms with Crippen molar-refractivity contribution in [3.63, 3.8) is 0 Å². The van der Waals surface area contributed by atoms with Crippen LogP contribution < -0.4 is 5.32 Å². The van der Waals surface area contributed by atoms with E-state index in [0.29, 0.717) is 31.0 Å². The molecule has 0 spiro atoms. The Labute approximate surface area is 139 Å². The number of carbonyl (C=O) groups excluding carboxylic acids is 1. The van der Waals surface area contributed by atoms with Crippen LogP contribution in [0.1, 0.15) is 51.5 Å². The Hall–Kier alpha value is -1.40. The van der Waals surface area contributed by atoms with Crippen molar-refractivity contribution in [1.82, 2.24) is 4.31 Å². The molecule has 0 aliphatic carbocycles. The Balaban J connectivity index is 2.07. The standard InChI is InChI=1S/C17H26N2O3S/c1-4-12-23(21,22)19-11-5-6-16(19)17(20)18-15-9-7-14(8-10-15)13(2)3/h7-10,13,16H,4-6,11-12H2,1-3H3,(H,18,20). The van der Waals surface area contributed by atoms with Gasteiger partial charge in [0.25, 0.3) is 0 Å². The molecule has 1 amide bonds. The summed E-state index contributed by atoms with van der Waals surface area (Å²) in [5.41, 5.74) is 1.91. The van der Waals surface area contributed by atoms with E-state index in [1.165, 1.54) is 9.87 Å². The summed E-state index contributed by atoms with van der Waals surface area (Å²) in [5.74, 6) is 0.295. The van der Waals surface area contributed by atoms with Crippen LogP contribution in [0.5, 0.6) is 0 Å². The van der Waals surface area contributed by atoms with E-state index in [9.17, 15) is 13.2 Å². The summed E-state index contributed by atoms with van der Waals surface area (Å²) in [6.45, 7) is 6.50. The Bertz CT molecular complexity index is 638. The lowest BCUT2D eigenvalue weighted by molar-refractivity contribution is -0.119. The SMILES string of the molecule is CCCS(=O)(=O)N1CCCC1C(=O)Nc1ccc(C(C)C)cc1. The van der Waals surface area contributed by atoms with Gasteiger partial charge in [-0.25, -0.2) is 8.42 Å². The fourth-order valence-corrected chi connectivity index (χ4v) is 4.63. The minimum absolute atomic E-state index is 0.0971. The maximum atomic E-state index is 12.5. The molecule has 6 heteroatoms. The van der Waals surface area contributed by atoms with Gasteiger partial charge in [0.05, 0.1) is 5.75 Å². The van der Waals surface area contributed by atoms with E-state index < -0.39 is 16.1 Å². The molecule has 2 rings (SSSR count). The Morgan fingerprint density at radius 1 is 1.30 bits per heavy atom. The predicted molar refractivity (Wildman–Crippen MR) is 93.0 cm³/mol. The van der Waals surface area contributed by atoms with Gasteiger partial charge in [-0.15, -0.1) is 0 Å². The number of sulfonamides is 1. The minimum Gasteiger partial charge on any atom is -0.325 e. The molecule has 1 fully saturated rings. The number of carbonyl (C=O) groups is 1. The first-order valence-electron chi connectivity index (χ1n) is 8.25. The zero-order valence-electron chi connectivity index (χ0n) is 14.1. The van der Waals surface area contributed by atoms with Gasteiger partial charge in [0.2, 0.25) is 15.9 Å². The predicted octanol–water partition coefficient (Wildman–Crippen LogP) is 2.95. The zero-order chi connectivity index (χ0) is 17.0. The van der Waals surface area contributed by atoms with Gasteiger partial charge in [-0.2, -0.15) is 4.31 Å². The smallest absolute Gasteiger partial charge is 0.242 e. The van der Waals surface area contributed by atoms with E-state index in [4.69, 9.17) is 0 Å². The van der Waals surface area contributed by atoms with Crippen molar-refractivity contribution in [2.75, 3.05) is 17.6 Å². The maximum absolute atomic E-state index is 12.5. The number of nitrogens with zero attached hydrogens (tertiary/aromatic N) is 1. The summed E-state index contributed by atoms with van der Waals surface area (Å²) >= 11 is 0. The molecule has 1 atom stereocenters. The number of amides is 1. The highest BCUT2D eigenvalue weighted by Gasteiger charge is 2.37. The second kappa shape index (κ2) is 7.45. The molecule has 1 saturated heterocycles. The number of hydrogen-bond acceptors (Lipinski definition) is 3. The molecule has 1 unspecified atom stereocenters. The summed E-state index contributed by atoms with van der Waals surface area (Å²) in [7, 11) is -3.34. The molecule has 23 heavy (non-hydrogen) atoms. The van der Waals surface area contributed by atoms with Gasteiger partial charge in [-0.1, -0.05) is 32.9 Å². The van der Waals surface area contributed by atoms with E-state index in [0.717, 1.165) is 6.42 Å². The molecular formula is C17H26N2O3S. The molecule has 128 valence electrons. The molecule has 1 aliphatic rings. The highest BCUT2D eigenvalue weighted by molar-refractivity contribution is 7.89. The molecule has 1 N–H and O–H groups in total. The molecule has 1 heterocycles. The molecule has 1 aromatic rings. The third kappa shape index (κ3) is 4.32. The monoisotopic (exact) mass is 338 g/mol. The first-order chi connectivity index (χ1) is 10.8. The van der Waals surface area contributed by atoms with Crippen LogP contribution in [0.3, 0.4) is 0 Å². The molecule has 1 aliphatic heterocycles. The van der Waals surface area contributed by atoms with E-state index in [1.54, 1.807) is 0 Å². The highest BCUT2D eigenvalue weighted by atomic mass is 32.2. The van der Waals surface area contributed by atoms with Crippen molar-refractivity contribution >= 4 is 21.6 Å². The number of rotatable bonds is 6. The van der Waals surface area contributed by atoms with E-state index in [1.807, 2.05) is 31.2 Å². The molecular weight excluding hydrogens is 312 g/mol. The maximum Gasteiger partial charge on any atom is 0.242 e. The zero-order valence-corrected chi connectivity index (χ0v) is 14.9. The van der Waals surface area contributed by atoms with Crippen molar-refractivity contribution in [3.05, 3.63) is 29.8 Å². The summed E-state index contributed by atoms with van der Waals surface area (Å²) in [6.07, 6.45) is 1.87. The van der Waals surface area contributed by atoms with Gasteiger partial charge in [-0.05, 0) is 42.9 Å². The fourth-order valence-electron chi connectivity index (χ4n) is 2.89. The van der Waals surface area contributed by atoms with Crippen LogP contribution >= 0.6 is 0 Å².